The SMILES string of the molecule is CCCC1CNC2(CCCCC2)CN1Cc1cccnc1. The lowest BCUT2D eigenvalue weighted by molar-refractivity contribution is 0.0461. The van der Waals surface area contributed by atoms with Gasteiger partial charge in [0.2, 0.25) is 0 Å². The molecule has 116 valence electrons. The van der Waals surface area contributed by atoms with E-state index in [1.807, 2.05) is 12.4 Å². The molecule has 1 spiro atoms. The Morgan fingerprint density at radius 1 is 1.33 bits per heavy atom. The lowest BCUT2D eigenvalue weighted by Crippen LogP contribution is -2.64. The predicted octanol–water partition coefficient (Wildman–Crippen LogP) is 3.36. The van der Waals surface area contributed by atoms with Gasteiger partial charge >= 0.3 is 0 Å². The third-order valence-corrected chi connectivity index (χ3v) is 5.28. The summed E-state index contributed by atoms with van der Waals surface area (Å²) in [6, 6.07) is 4.96. The first-order chi connectivity index (χ1) is 10.3. The van der Waals surface area contributed by atoms with Gasteiger partial charge in [0, 0.05) is 43.6 Å². The minimum atomic E-state index is 0.394. The van der Waals surface area contributed by atoms with E-state index >= 15 is 0 Å². The highest BCUT2D eigenvalue weighted by Crippen LogP contribution is 2.33. The van der Waals surface area contributed by atoms with E-state index in [1.54, 1.807) is 0 Å². The van der Waals surface area contributed by atoms with Crippen molar-refractivity contribution in [1.29, 1.82) is 0 Å². The quantitative estimate of drug-likeness (QED) is 0.920. The average molecular weight is 287 g/mol. The summed E-state index contributed by atoms with van der Waals surface area (Å²) >= 11 is 0. The standard InChI is InChI=1S/C18H29N3/c1-2-7-17-13-20-18(9-4-3-5-10-18)15-21(17)14-16-8-6-11-19-12-16/h6,8,11-12,17,20H,2-5,7,9-10,13-15H2,1H3. The zero-order chi connectivity index (χ0) is 14.5. The molecule has 1 aliphatic heterocycles. The average Bonchev–Trinajstić information content (AvgIpc) is 2.52. The molecular formula is C18H29N3. The Morgan fingerprint density at radius 2 is 2.19 bits per heavy atom. The van der Waals surface area contributed by atoms with Crippen LogP contribution in [0.15, 0.2) is 24.5 Å². The maximum Gasteiger partial charge on any atom is 0.0312 e. The molecule has 2 aliphatic rings. The van der Waals surface area contributed by atoms with Crippen LogP contribution in [-0.2, 0) is 6.54 Å². The lowest BCUT2D eigenvalue weighted by Gasteiger charge is -2.50. The van der Waals surface area contributed by atoms with Crippen LogP contribution in [0.3, 0.4) is 0 Å². The maximum atomic E-state index is 4.28. The smallest absolute Gasteiger partial charge is 0.0312 e. The molecule has 1 saturated carbocycles. The van der Waals surface area contributed by atoms with Crippen molar-refractivity contribution in [2.75, 3.05) is 13.1 Å². The number of rotatable bonds is 4. The second-order valence-corrected chi connectivity index (χ2v) is 6.93. The number of aromatic nitrogens is 1. The van der Waals surface area contributed by atoms with Gasteiger partial charge in [-0.3, -0.25) is 9.88 Å². The summed E-state index contributed by atoms with van der Waals surface area (Å²) in [6.07, 6.45) is 13.4. The zero-order valence-electron chi connectivity index (χ0n) is 13.4. The first kappa shape index (κ1) is 15.0. The van der Waals surface area contributed by atoms with Gasteiger partial charge in [-0.15, -0.1) is 0 Å². The van der Waals surface area contributed by atoms with E-state index in [9.17, 15) is 0 Å². The molecular weight excluding hydrogens is 258 g/mol. The molecule has 1 atom stereocenters. The summed E-state index contributed by atoms with van der Waals surface area (Å²) < 4.78 is 0. The summed E-state index contributed by atoms with van der Waals surface area (Å²) in [5.41, 5.74) is 1.75. The van der Waals surface area contributed by atoms with Crippen LogP contribution < -0.4 is 5.32 Å². The number of hydrogen-bond acceptors (Lipinski definition) is 3. The fraction of sp³-hybridized carbons (Fsp3) is 0.722. The van der Waals surface area contributed by atoms with E-state index in [2.05, 4.69) is 34.3 Å². The summed E-state index contributed by atoms with van der Waals surface area (Å²) in [4.78, 5) is 7.01. The Hall–Kier alpha value is -0.930. The first-order valence-electron chi connectivity index (χ1n) is 8.69. The van der Waals surface area contributed by atoms with Crippen LogP contribution >= 0.6 is 0 Å². The molecule has 1 saturated heterocycles. The molecule has 0 bridgehead atoms. The molecule has 1 N–H and O–H groups in total. The topological polar surface area (TPSA) is 28.2 Å². The van der Waals surface area contributed by atoms with Crippen molar-refractivity contribution in [3.8, 4) is 0 Å². The van der Waals surface area contributed by atoms with E-state index in [-0.39, 0.29) is 0 Å². The van der Waals surface area contributed by atoms with Crippen molar-refractivity contribution >= 4 is 0 Å². The van der Waals surface area contributed by atoms with Crippen molar-refractivity contribution in [3.63, 3.8) is 0 Å². The van der Waals surface area contributed by atoms with E-state index in [4.69, 9.17) is 0 Å². The van der Waals surface area contributed by atoms with Gasteiger partial charge in [-0.05, 0) is 30.9 Å². The molecule has 0 radical (unpaired) electrons. The molecule has 3 heteroatoms. The van der Waals surface area contributed by atoms with Crippen molar-refractivity contribution in [2.45, 2.75) is 70.0 Å². The molecule has 3 rings (SSSR count). The summed E-state index contributed by atoms with van der Waals surface area (Å²) in [7, 11) is 0. The Morgan fingerprint density at radius 3 is 2.90 bits per heavy atom. The zero-order valence-corrected chi connectivity index (χ0v) is 13.4. The van der Waals surface area contributed by atoms with Gasteiger partial charge in [-0.2, -0.15) is 0 Å². The molecule has 2 fully saturated rings. The number of piperazine rings is 1. The monoisotopic (exact) mass is 287 g/mol. The molecule has 1 aliphatic carbocycles. The second-order valence-electron chi connectivity index (χ2n) is 6.93. The van der Waals surface area contributed by atoms with E-state index < -0.39 is 0 Å². The minimum Gasteiger partial charge on any atom is -0.308 e. The summed E-state index contributed by atoms with van der Waals surface area (Å²) in [5.74, 6) is 0. The van der Waals surface area contributed by atoms with Gasteiger partial charge in [0.1, 0.15) is 0 Å². The van der Waals surface area contributed by atoms with E-state index in [1.165, 1.54) is 57.1 Å². The van der Waals surface area contributed by atoms with Gasteiger partial charge in [-0.1, -0.05) is 38.7 Å². The maximum absolute atomic E-state index is 4.28. The molecule has 3 nitrogen and oxygen atoms in total. The van der Waals surface area contributed by atoms with Crippen LogP contribution in [0, 0.1) is 0 Å². The van der Waals surface area contributed by atoms with Crippen LogP contribution in [0.1, 0.15) is 57.4 Å². The van der Waals surface area contributed by atoms with Crippen molar-refractivity contribution < 1.29 is 0 Å². The number of nitrogens with zero attached hydrogens (tertiary/aromatic N) is 2. The summed E-state index contributed by atoms with van der Waals surface area (Å²) in [6.45, 7) is 5.73. The lowest BCUT2D eigenvalue weighted by atomic mass is 9.79. The fourth-order valence-corrected chi connectivity index (χ4v) is 4.13. The van der Waals surface area contributed by atoms with E-state index in [0.717, 1.165) is 13.1 Å². The third-order valence-electron chi connectivity index (χ3n) is 5.28. The normalized spacial score (nSPS) is 26.0. The largest absolute Gasteiger partial charge is 0.308 e. The number of hydrogen-bond donors (Lipinski definition) is 1. The fourth-order valence-electron chi connectivity index (χ4n) is 4.13. The highest BCUT2D eigenvalue weighted by Gasteiger charge is 2.39. The highest BCUT2D eigenvalue weighted by atomic mass is 15.3. The van der Waals surface area contributed by atoms with Gasteiger partial charge in [0.15, 0.2) is 0 Å². The molecule has 0 aromatic carbocycles. The van der Waals surface area contributed by atoms with Crippen LogP contribution in [0.4, 0.5) is 0 Å². The van der Waals surface area contributed by atoms with E-state index in [0.29, 0.717) is 11.6 Å². The Labute approximate surface area is 129 Å². The molecule has 1 aromatic rings. The summed E-state index contributed by atoms with van der Waals surface area (Å²) in [5, 5.41) is 3.93. The Bertz CT molecular complexity index is 425. The molecule has 2 heterocycles. The number of pyridine rings is 1. The van der Waals surface area contributed by atoms with Gasteiger partial charge in [0.05, 0.1) is 0 Å². The predicted molar refractivity (Wildman–Crippen MR) is 87.2 cm³/mol. The van der Waals surface area contributed by atoms with Crippen LogP contribution in [0.5, 0.6) is 0 Å². The van der Waals surface area contributed by atoms with Crippen LogP contribution in [0.25, 0.3) is 0 Å². The highest BCUT2D eigenvalue weighted by molar-refractivity contribution is 5.10. The van der Waals surface area contributed by atoms with Crippen molar-refractivity contribution in [3.05, 3.63) is 30.1 Å². The van der Waals surface area contributed by atoms with Crippen LogP contribution in [-0.4, -0.2) is 34.6 Å². The molecule has 1 unspecified atom stereocenters. The Kier molecular flexibility index (Phi) is 4.91. The van der Waals surface area contributed by atoms with Crippen molar-refractivity contribution in [1.82, 2.24) is 15.2 Å². The van der Waals surface area contributed by atoms with Gasteiger partial charge < -0.3 is 5.32 Å². The third kappa shape index (κ3) is 3.64. The minimum absolute atomic E-state index is 0.394. The van der Waals surface area contributed by atoms with Crippen LogP contribution in [0.2, 0.25) is 0 Å². The Balaban J connectivity index is 1.71. The molecule has 21 heavy (non-hydrogen) atoms. The van der Waals surface area contributed by atoms with Crippen molar-refractivity contribution in [2.24, 2.45) is 0 Å². The number of nitrogens with one attached hydrogen (secondary N) is 1. The molecule has 0 amide bonds. The van der Waals surface area contributed by atoms with Gasteiger partial charge in [-0.25, -0.2) is 0 Å². The second kappa shape index (κ2) is 6.89. The molecule has 1 aromatic heterocycles. The first-order valence-corrected chi connectivity index (χ1v) is 8.69. The van der Waals surface area contributed by atoms with Gasteiger partial charge in [0.25, 0.3) is 0 Å².